The van der Waals surface area contributed by atoms with Crippen molar-refractivity contribution in [2.45, 2.75) is 75.8 Å². The largest absolute Gasteiger partial charge is 0.313 e. The van der Waals surface area contributed by atoms with Crippen LogP contribution in [0.1, 0.15) is 59.3 Å². The van der Waals surface area contributed by atoms with Gasteiger partial charge in [-0.1, -0.05) is 33.6 Å². The molecule has 0 amide bonds. The van der Waals surface area contributed by atoms with E-state index >= 15 is 0 Å². The monoisotopic (exact) mass is 310 g/mol. The van der Waals surface area contributed by atoms with Crippen molar-refractivity contribution in [3.63, 3.8) is 0 Å². The lowest BCUT2D eigenvalue weighted by molar-refractivity contribution is 0.0850. The van der Waals surface area contributed by atoms with Crippen LogP contribution in [-0.2, 0) is 0 Å². The van der Waals surface area contributed by atoms with Crippen LogP contribution in [0.5, 0.6) is 0 Å². The minimum atomic E-state index is 0.566. The van der Waals surface area contributed by atoms with Crippen LogP contribution in [0.15, 0.2) is 0 Å². The van der Waals surface area contributed by atoms with Crippen molar-refractivity contribution < 1.29 is 0 Å². The summed E-state index contributed by atoms with van der Waals surface area (Å²) < 4.78 is 0. The molecule has 3 heteroatoms. The smallest absolute Gasteiger partial charge is 0.0149 e. The van der Waals surface area contributed by atoms with E-state index in [9.17, 15) is 0 Å². The third-order valence-electron chi connectivity index (χ3n) is 5.73. The maximum absolute atomic E-state index is 3.86. The van der Waals surface area contributed by atoms with Crippen molar-refractivity contribution in [3.05, 3.63) is 0 Å². The topological polar surface area (TPSA) is 15.3 Å². The summed E-state index contributed by atoms with van der Waals surface area (Å²) in [7, 11) is 0. The Kier molecular flexibility index (Phi) is 5.23. The van der Waals surface area contributed by atoms with Gasteiger partial charge in [0.1, 0.15) is 0 Å². The highest BCUT2D eigenvalue weighted by Crippen LogP contribution is 2.40. The first kappa shape index (κ1) is 16.1. The van der Waals surface area contributed by atoms with Gasteiger partial charge >= 0.3 is 0 Å². The number of nitrogens with one attached hydrogen (secondary N) is 1. The highest BCUT2D eigenvalue weighted by atomic mass is 32.2. The second-order valence-electron chi connectivity index (χ2n) is 8.29. The van der Waals surface area contributed by atoms with Crippen LogP contribution in [-0.4, -0.2) is 47.6 Å². The molecule has 3 rings (SSSR count). The predicted molar refractivity (Wildman–Crippen MR) is 94.0 cm³/mol. The first-order chi connectivity index (χ1) is 10.0. The number of thioether (sulfide) groups is 1. The van der Waals surface area contributed by atoms with Crippen LogP contribution < -0.4 is 5.32 Å². The fraction of sp³-hybridized carbons (Fsp3) is 1.00. The fourth-order valence-electron chi connectivity index (χ4n) is 4.30. The summed E-state index contributed by atoms with van der Waals surface area (Å²) in [5, 5.41) is 5.48. The Labute approximate surface area is 135 Å². The molecule has 1 heterocycles. The fourth-order valence-corrected chi connectivity index (χ4v) is 5.69. The minimum Gasteiger partial charge on any atom is -0.313 e. The Bertz CT molecular complexity index is 324. The van der Waals surface area contributed by atoms with Gasteiger partial charge in [-0.3, -0.25) is 0 Å². The van der Waals surface area contributed by atoms with E-state index in [0.29, 0.717) is 5.41 Å². The second kappa shape index (κ2) is 6.80. The van der Waals surface area contributed by atoms with Crippen LogP contribution in [0.2, 0.25) is 0 Å². The number of hydrogen-bond donors (Lipinski definition) is 1. The molecule has 2 atom stereocenters. The molecule has 0 radical (unpaired) electrons. The van der Waals surface area contributed by atoms with E-state index in [1.165, 1.54) is 64.7 Å². The number of rotatable bonds is 5. The molecule has 2 aliphatic carbocycles. The van der Waals surface area contributed by atoms with Gasteiger partial charge in [-0.15, -0.1) is 0 Å². The van der Waals surface area contributed by atoms with Gasteiger partial charge in [0.25, 0.3) is 0 Å². The Balaban J connectivity index is 1.60. The highest BCUT2D eigenvalue weighted by molar-refractivity contribution is 8.00. The van der Waals surface area contributed by atoms with Gasteiger partial charge in [0.05, 0.1) is 0 Å². The molecular formula is C18H34N2S. The molecule has 0 aromatic rings. The lowest BCUT2D eigenvalue weighted by Gasteiger charge is -2.45. The van der Waals surface area contributed by atoms with Gasteiger partial charge in [-0.25, -0.2) is 0 Å². The second-order valence-corrected chi connectivity index (χ2v) is 10.2. The number of hydrogen-bond acceptors (Lipinski definition) is 3. The maximum atomic E-state index is 3.86. The van der Waals surface area contributed by atoms with Crippen molar-refractivity contribution in [1.82, 2.24) is 10.2 Å². The van der Waals surface area contributed by atoms with Gasteiger partial charge in [-0.05, 0) is 37.0 Å². The molecule has 1 aliphatic heterocycles. The predicted octanol–water partition coefficient (Wildman–Crippen LogP) is 3.76. The summed E-state index contributed by atoms with van der Waals surface area (Å²) in [6.07, 6.45) is 8.61. The van der Waals surface area contributed by atoms with E-state index in [1.807, 2.05) is 0 Å². The molecule has 21 heavy (non-hydrogen) atoms. The lowest BCUT2D eigenvalue weighted by Crippen LogP contribution is -2.50. The quantitative estimate of drug-likeness (QED) is 0.832. The van der Waals surface area contributed by atoms with E-state index in [-0.39, 0.29) is 0 Å². The van der Waals surface area contributed by atoms with E-state index < -0.39 is 0 Å². The zero-order chi connectivity index (χ0) is 14.9. The van der Waals surface area contributed by atoms with Crippen molar-refractivity contribution in [1.29, 1.82) is 0 Å². The van der Waals surface area contributed by atoms with Crippen molar-refractivity contribution in [2.24, 2.45) is 11.3 Å². The zero-order valence-corrected chi connectivity index (χ0v) is 15.1. The molecule has 2 unspecified atom stereocenters. The highest BCUT2D eigenvalue weighted by Gasteiger charge is 2.38. The zero-order valence-electron chi connectivity index (χ0n) is 14.2. The summed E-state index contributed by atoms with van der Waals surface area (Å²) in [6, 6.07) is 0.857. The third kappa shape index (κ3) is 4.62. The molecule has 0 aromatic carbocycles. The Morgan fingerprint density at radius 1 is 1.00 bits per heavy atom. The van der Waals surface area contributed by atoms with E-state index in [1.54, 1.807) is 0 Å². The molecule has 3 aliphatic rings. The van der Waals surface area contributed by atoms with E-state index in [4.69, 9.17) is 0 Å². The van der Waals surface area contributed by atoms with Gasteiger partial charge in [0, 0.05) is 42.7 Å². The summed E-state index contributed by atoms with van der Waals surface area (Å²) in [6.45, 7) is 12.5. The average molecular weight is 311 g/mol. The van der Waals surface area contributed by atoms with Crippen molar-refractivity contribution >= 4 is 11.8 Å². The summed E-state index contributed by atoms with van der Waals surface area (Å²) in [4.78, 5) is 2.79. The summed E-state index contributed by atoms with van der Waals surface area (Å²) in [5.74, 6) is 0.953. The van der Waals surface area contributed by atoms with E-state index in [0.717, 1.165) is 22.5 Å². The number of nitrogens with zero attached hydrogens (tertiary/aromatic N) is 1. The molecule has 0 spiro atoms. The SMILES string of the molecule is CC1CCC(CNC2CC2)(CN2CC(C)SC(C)C2)CC1. The molecule has 2 saturated carbocycles. The summed E-state index contributed by atoms with van der Waals surface area (Å²) >= 11 is 2.18. The van der Waals surface area contributed by atoms with Crippen LogP contribution in [0.3, 0.4) is 0 Å². The Morgan fingerprint density at radius 3 is 2.19 bits per heavy atom. The molecule has 2 nitrogen and oxygen atoms in total. The maximum Gasteiger partial charge on any atom is 0.0149 e. The molecular weight excluding hydrogens is 276 g/mol. The first-order valence-corrected chi connectivity index (χ1v) is 10.1. The van der Waals surface area contributed by atoms with Crippen LogP contribution in [0.25, 0.3) is 0 Å². The molecule has 3 fully saturated rings. The standard InChI is InChI=1S/C18H34N2S/c1-14-6-8-18(9-7-14,12-19-17-4-5-17)13-20-10-15(2)21-16(3)11-20/h14-17,19H,4-13H2,1-3H3. The summed E-state index contributed by atoms with van der Waals surface area (Å²) in [5.41, 5.74) is 0.566. The van der Waals surface area contributed by atoms with Crippen molar-refractivity contribution in [3.8, 4) is 0 Å². The van der Waals surface area contributed by atoms with Crippen LogP contribution in [0.4, 0.5) is 0 Å². The van der Waals surface area contributed by atoms with Crippen LogP contribution >= 0.6 is 11.8 Å². The Hall–Kier alpha value is 0.270. The molecule has 1 saturated heterocycles. The lowest BCUT2D eigenvalue weighted by atomic mass is 9.70. The van der Waals surface area contributed by atoms with Gasteiger partial charge in [0.15, 0.2) is 0 Å². The normalized spacial score (nSPS) is 42.1. The molecule has 0 aromatic heterocycles. The molecule has 0 bridgehead atoms. The first-order valence-electron chi connectivity index (χ1n) is 9.16. The van der Waals surface area contributed by atoms with Gasteiger partial charge in [-0.2, -0.15) is 11.8 Å². The van der Waals surface area contributed by atoms with Gasteiger partial charge in [0.2, 0.25) is 0 Å². The molecule has 122 valence electrons. The van der Waals surface area contributed by atoms with Crippen molar-refractivity contribution in [2.75, 3.05) is 26.2 Å². The Morgan fingerprint density at radius 2 is 1.62 bits per heavy atom. The molecule has 1 N–H and O–H groups in total. The minimum absolute atomic E-state index is 0.566. The third-order valence-corrected chi connectivity index (χ3v) is 6.96. The van der Waals surface area contributed by atoms with Gasteiger partial charge < -0.3 is 10.2 Å². The average Bonchev–Trinajstić information content (AvgIpc) is 3.23. The van der Waals surface area contributed by atoms with Crippen LogP contribution in [0, 0.1) is 11.3 Å². The van der Waals surface area contributed by atoms with E-state index in [2.05, 4.69) is 42.7 Å².